The van der Waals surface area contributed by atoms with Gasteiger partial charge in [0.05, 0.1) is 5.04 Å². The van der Waals surface area contributed by atoms with E-state index >= 15 is 0 Å². The van der Waals surface area contributed by atoms with Crippen LogP contribution in [0.25, 0.3) is 0 Å². The van der Waals surface area contributed by atoms with E-state index in [1.54, 1.807) is 0 Å². The molecule has 1 heterocycles. The Morgan fingerprint density at radius 2 is 2.14 bits per heavy atom. The fraction of sp³-hybridized carbons (Fsp3) is 0.222. The van der Waals surface area contributed by atoms with Gasteiger partial charge in [-0.3, -0.25) is 4.99 Å². The van der Waals surface area contributed by atoms with E-state index in [0.717, 1.165) is 10.6 Å². The molecule has 2 atom stereocenters. The number of hydrogen-bond donors (Lipinski definition) is 1. The minimum Gasteiger partial charge on any atom is -0.304 e. The van der Waals surface area contributed by atoms with Crippen LogP contribution in [-0.4, -0.2) is 24.9 Å². The molecule has 1 N–H and O–H groups in total. The number of thioether (sulfide) groups is 1. The Labute approximate surface area is 88.9 Å². The van der Waals surface area contributed by atoms with E-state index in [4.69, 9.17) is 4.55 Å². The van der Waals surface area contributed by atoms with Gasteiger partial charge in [0.1, 0.15) is 0 Å². The summed E-state index contributed by atoms with van der Waals surface area (Å²) in [6, 6.07) is 9.71. The van der Waals surface area contributed by atoms with Gasteiger partial charge in [-0.2, -0.15) is 0 Å². The molecule has 0 aliphatic carbocycles. The van der Waals surface area contributed by atoms with Gasteiger partial charge in [-0.15, -0.1) is 11.8 Å². The van der Waals surface area contributed by atoms with E-state index in [2.05, 4.69) is 4.99 Å². The molecule has 0 saturated heterocycles. The van der Waals surface area contributed by atoms with Crippen molar-refractivity contribution in [3.63, 3.8) is 0 Å². The van der Waals surface area contributed by atoms with Crippen LogP contribution in [-0.2, 0) is 11.1 Å². The van der Waals surface area contributed by atoms with Gasteiger partial charge < -0.3 is 4.55 Å². The van der Waals surface area contributed by atoms with Crippen molar-refractivity contribution in [1.29, 1.82) is 0 Å². The van der Waals surface area contributed by atoms with Gasteiger partial charge >= 0.3 is 0 Å². The number of nitrogens with zero attached hydrogens (tertiary/aromatic N) is 1. The molecule has 0 amide bonds. The first-order chi connectivity index (χ1) is 6.77. The molecule has 2 rings (SSSR count). The maximum absolute atomic E-state index is 10.8. The summed E-state index contributed by atoms with van der Waals surface area (Å²) in [4.78, 5) is 4.19. The number of aliphatic imine (C=N–C) groups is 1. The van der Waals surface area contributed by atoms with Gasteiger partial charge in [0.2, 0.25) is 0 Å². The molecule has 0 bridgehead atoms. The predicted octanol–water partition coefficient (Wildman–Crippen LogP) is 1.73. The summed E-state index contributed by atoms with van der Waals surface area (Å²) in [5.74, 6) is 0.591. The van der Waals surface area contributed by atoms with Crippen LogP contribution in [0, 0.1) is 0 Å². The minimum absolute atomic E-state index is 0.463. The Balaban J connectivity index is 2.22. The molecule has 1 aromatic rings. The summed E-state index contributed by atoms with van der Waals surface area (Å²) in [7, 11) is 0. The molecule has 0 aromatic heterocycles. The first-order valence-corrected chi connectivity index (χ1v) is 6.28. The Kier molecular flexibility index (Phi) is 3.00. The van der Waals surface area contributed by atoms with Crippen molar-refractivity contribution in [3.05, 3.63) is 35.9 Å². The van der Waals surface area contributed by atoms with Crippen LogP contribution in [0.2, 0.25) is 0 Å². The second-order valence-corrected chi connectivity index (χ2v) is 4.95. The summed E-state index contributed by atoms with van der Waals surface area (Å²) >= 11 is -0.315. The third-order valence-corrected chi connectivity index (χ3v) is 3.92. The third-order valence-electron chi connectivity index (χ3n) is 1.88. The van der Waals surface area contributed by atoms with E-state index in [0.29, 0.717) is 5.75 Å². The second-order valence-electron chi connectivity index (χ2n) is 2.84. The van der Waals surface area contributed by atoms with Crippen LogP contribution in [0.15, 0.2) is 35.3 Å². The number of benzene rings is 1. The largest absolute Gasteiger partial charge is 0.304 e. The van der Waals surface area contributed by atoms with Gasteiger partial charge in [0.25, 0.3) is 0 Å². The third kappa shape index (κ3) is 2.05. The smallest absolute Gasteiger partial charge is 0.179 e. The van der Waals surface area contributed by atoms with Gasteiger partial charge in [-0.05, 0) is 0 Å². The zero-order valence-corrected chi connectivity index (χ0v) is 8.92. The molecule has 14 heavy (non-hydrogen) atoms. The molecule has 1 aliphatic rings. The van der Waals surface area contributed by atoms with Crippen LogP contribution in [0.4, 0.5) is 0 Å². The molecular formula is C9H9NO2S2. The predicted molar refractivity (Wildman–Crippen MR) is 60.0 cm³/mol. The molecule has 1 aliphatic heterocycles. The van der Waals surface area contributed by atoms with Crippen molar-refractivity contribution in [3.8, 4) is 0 Å². The lowest BCUT2D eigenvalue weighted by atomic mass is 10.2. The lowest BCUT2D eigenvalue weighted by Gasteiger charge is -1.97. The summed E-state index contributed by atoms with van der Waals surface area (Å²) in [5.41, 5.74) is 1.02. The highest BCUT2D eigenvalue weighted by Crippen LogP contribution is 2.24. The number of rotatable bonds is 2. The molecule has 0 fully saturated rings. The van der Waals surface area contributed by atoms with E-state index in [1.807, 2.05) is 30.3 Å². The van der Waals surface area contributed by atoms with Crippen LogP contribution in [0.5, 0.6) is 0 Å². The molecule has 2 unspecified atom stereocenters. The maximum Gasteiger partial charge on any atom is 0.179 e. The fourth-order valence-electron chi connectivity index (χ4n) is 1.20. The molecule has 74 valence electrons. The fourth-order valence-corrected chi connectivity index (χ4v) is 3.01. The zero-order valence-electron chi connectivity index (χ0n) is 7.29. The van der Waals surface area contributed by atoms with Crippen LogP contribution in [0.3, 0.4) is 0 Å². The summed E-state index contributed by atoms with van der Waals surface area (Å²) in [5, 5.41) is 0.396. The Hall–Kier alpha value is -0.650. The van der Waals surface area contributed by atoms with Crippen LogP contribution in [0.1, 0.15) is 5.56 Å². The molecule has 1 aromatic carbocycles. The maximum atomic E-state index is 10.8. The van der Waals surface area contributed by atoms with Gasteiger partial charge in [-0.25, -0.2) is 4.21 Å². The highest BCUT2D eigenvalue weighted by atomic mass is 32.2. The normalized spacial score (nSPS) is 23.2. The highest BCUT2D eigenvalue weighted by Gasteiger charge is 2.23. The standard InChI is InChI=1S/C9H9NO2S2/c11-14(12)8-6-13-9(10-8)7-4-2-1-3-5-7/h1-5,8H,6H2,(H,11,12). The molecule has 0 spiro atoms. The quantitative estimate of drug-likeness (QED) is 0.783. The monoisotopic (exact) mass is 227 g/mol. The first-order valence-electron chi connectivity index (χ1n) is 4.13. The molecule has 0 radical (unpaired) electrons. The van der Waals surface area contributed by atoms with Crippen molar-refractivity contribution < 1.29 is 8.76 Å². The van der Waals surface area contributed by atoms with Gasteiger partial charge in [0, 0.05) is 11.3 Å². The lowest BCUT2D eigenvalue weighted by Crippen LogP contribution is -2.10. The van der Waals surface area contributed by atoms with Gasteiger partial charge in [0.15, 0.2) is 16.5 Å². The van der Waals surface area contributed by atoms with Crippen LogP contribution < -0.4 is 0 Å². The van der Waals surface area contributed by atoms with Crippen LogP contribution >= 0.6 is 11.8 Å². The second kappa shape index (κ2) is 4.25. The van der Waals surface area contributed by atoms with E-state index < -0.39 is 16.5 Å². The summed E-state index contributed by atoms with van der Waals surface area (Å²) in [6.45, 7) is 0. The average Bonchev–Trinajstić information content (AvgIpc) is 2.68. The number of hydrogen-bond acceptors (Lipinski definition) is 3. The Bertz CT molecular complexity index is 378. The van der Waals surface area contributed by atoms with Crippen molar-refractivity contribution in [2.75, 3.05) is 5.75 Å². The minimum atomic E-state index is -1.84. The van der Waals surface area contributed by atoms with Crippen molar-refractivity contribution >= 4 is 27.9 Å². The zero-order chi connectivity index (χ0) is 9.97. The molecule has 3 nitrogen and oxygen atoms in total. The highest BCUT2D eigenvalue weighted by molar-refractivity contribution is 8.15. The summed E-state index contributed by atoms with van der Waals surface area (Å²) < 4.78 is 19.6. The topological polar surface area (TPSA) is 49.7 Å². The Morgan fingerprint density at radius 1 is 1.43 bits per heavy atom. The molecule has 5 heteroatoms. The SMILES string of the molecule is O=S(O)C1CSC(c2ccccc2)=N1. The summed E-state index contributed by atoms with van der Waals surface area (Å²) in [6.07, 6.45) is 0. The lowest BCUT2D eigenvalue weighted by molar-refractivity contribution is 0.554. The van der Waals surface area contributed by atoms with E-state index in [9.17, 15) is 4.21 Å². The van der Waals surface area contributed by atoms with Crippen molar-refractivity contribution in [2.45, 2.75) is 5.37 Å². The van der Waals surface area contributed by atoms with Crippen molar-refractivity contribution in [2.24, 2.45) is 4.99 Å². The molecular weight excluding hydrogens is 218 g/mol. The average molecular weight is 227 g/mol. The van der Waals surface area contributed by atoms with Crippen molar-refractivity contribution in [1.82, 2.24) is 0 Å². The van der Waals surface area contributed by atoms with Gasteiger partial charge in [-0.1, -0.05) is 30.3 Å². The van der Waals surface area contributed by atoms with E-state index in [1.165, 1.54) is 11.8 Å². The molecule has 0 saturated carbocycles. The van der Waals surface area contributed by atoms with E-state index in [-0.39, 0.29) is 0 Å². The Morgan fingerprint density at radius 3 is 2.71 bits per heavy atom. The first kappa shape index (κ1) is 9.89.